The Kier molecular flexibility index (Phi) is 5.31. The maximum atomic E-state index is 11.1. The minimum Gasteiger partial charge on any atom is -0.484 e. The van der Waals surface area contributed by atoms with E-state index in [1.807, 2.05) is 0 Å². The van der Waals surface area contributed by atoms with Crippen LogP contribution in [0.25, 0.3) is 0 Å². The fourth-order valence-electron chi connectivity index (χ4n) is 0.870. The number of aliphatic hydroxyl groups is 1. The molecule has 0 unspecified atom stereocenters. The second kappa shape index (κ2) is 6.81. The van der Waals surface area contributed by atoms with Crippen LogP contribution in [0.4, 0.5) is 0 Å². The predicted octanol–water partition coefficient (Wildman–Crippen LogP) is 0.813. The standard InChI is InChI=1S/C10H11ClN2O3/c11-8-1-3-9(4-2-8)16-7-10(15)13-12-5-6-14/h1-5,14H,6-7H2,(H,13,15)/b12-5-. The van der Waals surface area contributed by atoms with E-state index in [2.05, 4.69) is 10.5 Å². The molecular weight excluding hydrogens is 232 g/mol. The summed E-state index contributed by atoms with van der Waals surface area (Å²) in [6.07, 6.45) is 1.17. The summed E-state index contributed by atoms with van der Waals surface area (Å²) in [5.74, 6) is 0.144. The molecule has 0 atom stereocenters. The van der Waals surface area contributed by atoms with Crippen molar-refractivity contribution in [3.05, 3.63) is 29.3 Å². The van der Waals surface area contributed by atoms with Gasteiger partial charge >= 0.3 is 0 Å². The quantitative estimate of drug-likeness (QED) is 0.593. The Morgan fingerprint density at radius 2 is 2.19 bits per heavy atom. The number of carbonyl (C=O) groups is 1. The zero-order valence-corrected chi connectivity index (χ0v) is 9.15. The lowest BCUT2D eigenvalue weighted by Gasteiger charge is -2.04. The van der Waals surface area contributed by atoms with Gasteiger partial charge in [-0.1, -0.05) is 11.6 Å². The van der Waals surface area contributed by atoms with Gasteiger partial charge in [-0.05, 0) is 24.3 Å². The smallest absolute Gasteiger partial charge is 0.277 e. The largest absolute Gasteiger partial charge is 0.484 e. The molecule has 1 aromatic rings. The van der Waals surface area contributed by atoms with E-state index in [0.29, 0.717) is 10.8 Å². The number of ether oxygens (including phenoxy) is 1. The molecule has 0 aliphatic carbocycles. The van der Waals surface area contributed by atoms with Gasteiger partial charge in [0.25, 0.3) is 5.91 Å². The number of halogens is 1. The summed E-state index contributed by atoms with van der Waals surface area (Å²) in [6.45, 7) is -0.372. The molecule has 16 heavy (non-hydrogen) atoms. The van der Waals surface area contributed by atoms with Gasteiger partial charge in [-0.2, -0.15) is 5.10 Å². The number of hydrazone groups is 1. The van der Waals surface area contributed by atoms with E-state index in [1.165, 1.54) is 6.21 Å². The maximum absolute atomic E-state index is 11.1. The first kappa shape index (κ1) is 12.5. The number of hydrogen-bond donors (Lipinski definition) is 2. The maximum Gasteiger partial charge on any atom is 0.277 e. The van der Waals surface area contributed by atoms with Crippen molar-refractivity contribution in [2.75, 3.05) is 13.2 Å². The number of amides is 1. The molecule has 86 valence electrons. The molecule has 6 heteroatoms. The Balaban J connectivity index is 2.31. The molecule has 0 aliphatic rings. The number of aliphatic hydroxyl groups excluding tert-OH is 1. The van der Waals surface area contributed by atoms with E-state index in [9.17, 15) is 4.79 Å². The molecule has 1 amide bonds. The minimum atomic E-state index is -0.403. The van der Waals surface area contributed by atoms with Crippen molar-refractivity contribution < 1.29 is 14.6 Å². The van der Waals surface area contributed by atoms with Crippen molar-refractivity contribution >= 4 is 23.7 Å². The molecule has 0 saturated carbocycles. The number of hydrogen-bond acceptors (Lipinski definition) is 4. The summed E-state index contributed by atoms with van der Waals surface area (Å²) >= 11 is 5.68. The van der Waals surface area contributed by atoms with Crippen LogP contribution >= 0.6 is 11.6 Å². The van der Waals surface area contributed by atoms with Crippen LogP contribution in [-0.4, -0.2) is 30.4 Å². The molecule has 1 rings (SSSR count). The first-order valence-electron chi connectivity index (χ1n) is 4.52. The Hall–Kier alpha value is -1.59. The molecule has 2 N–H and O–H groups in total. The van der Waals surface area contributed by atoms with Crippen LogP contribution in [0.3, 0.4) is 0 Å². The summed E-state index contributed by atoms with van der Waals surface area (Å²) in [6, 6.07) is 6.65. The predicted molar refractivity (Wildman–Crippen MR) is 60.7 cm³/mol. The lowest BCUT2D eigenvalue weighted by molar-refractivity contribution is -0.123. The van der Waals surface area contributed by atoms with Crippen molar-refractivity contribution in [1.82, 2.24) is 5.43 Å². The molecule has 0 fully saturated rings. The molecule has 1 aromatic carbocycles. The fourth-order valence-corrected chi connectivity index (χ4v) is 0.996. The van der Waals surface area contributed by atoms with E-state index in [4.69, 9.17) is 21.4 Å². The van der Waals surface area contributed by atoms with E-state index in [0.717, 1.165) is 0 Å². The number of nitrogens with one attached hydrogen (secondary N) is 1. The lowest BCUT2D eigenvalue weighted by Crippen LogP contribution is -2.24. The monoisotopic (exact) mass is 242 g/mol. The number of rotatable bonds is 5. The molecule has 0 radical (unpaired) electrons. The van der Waals surface area contributed by atoms with Gasteiger partial charge < -0.3 is 9.84 Å². The van der Waals surface area contributed by atoms with Crippen molar-refractivity contribution in [1.29, 1.82) is 0 Å². The topological polar surface area (TPSA) is 70.9 Å². The first-order valence-corrected chi connectivity index (χ1v) is 4.90. The SMILES string of the molecule is O=C(COc1ccc(Cl)cc1)N/N=C\CO. The molecular formula is C10H11ClN2O3. The molecule has 0 bridgehead atoms. The second-order valence-corrected chi connectivity index (χ2v) is 3.21. The highest BCUT2D eigenvalue weighted by molar-refractivity contribution is 6.30. The summed E-state index contributed by atoms with van der Waals surface area (Å²) in [4.78, 5) is 11.1. The Morgan fingerprint density at radius 1 is 1.50 bits per heavy atom. The molecule has 5 nitrogen and oxygen atoms in total. The van der Waals surface area contributed by atoms with Crippen molar-refractivity contribution in [3.63, 3.8) is 0 Å². The van der Waals surface area contributed by atoms with E-state index in [1.54, 1.807) is 24.3 Å². The van der Waals surface area contributed by atoms with Gasteiger partial charge in [0.15, 0.2) is 6.61 Å². The molecule has 0 aliphatic heterocycles. The molecule has 0 aromatic heterocycles. The van der Waals surface area contributed by atoms with Crippen LogP contribution in [0, 0.1) is 0 Å². The summed E-state index contributed by atoms with van der Waals surface area (Å²) in [5, 5.41) is 12.4. The molecule has 0 saturated heterocycles. The molecule has 0 spiro atoms. The first-order chi connectivity index (χ1) is 7.72. The van der Waals surface area contributed by atoms with Crippen molar-refractivity contribution in [2.45, 2.75) is 0 Å². The number of benzene rings is 1. The average Bonchev–Trinajstić information content (AvgIpc) is 2.29. The lowest BCUT2D eigenvalue weighted by atomic mass is 10.3. The summed E-state index contributed by atoms with van der Waals surface area (Å²) < 4.78 is 5.15. The Bertz CT molecular complexity index is 365. The summed E-state index contributed by atoms with van der Waals surface area (Å²) in [5.41, 5.74) is 2.18. The third-order valence-electron chi connectivity index (χ3n) is 1.55. The zero-order chi connectivity index (χ0) is 11.8. The highest BCUT2D eigenvalue weighted by atomic mass is 35.5. The van der Waals surface area contributed by atoms with Gasteiger partial charge in [0.2, 0.25) is 0 Å². The van der Waals surface area contributed by atoms with Crippen molar-refractivity contribution in [3.8, 4) is 5.75 Å². The third-order valence-corrected chi connectivity index (χ3v) is 1.80. The summed E-state index contributed by atoms with van der Waals surface area (Å²) in [7, 11) is 0. The van der Waals surface area contributed by atoms with Crippen molar-refractivity contribution in [2.24, 2.45) is 5.10 Å². The second-order valence-electron chi connectivity index (χ2n) is 2.77. The van der Waals surface area contributed by atoms with Crippen LogP contribution in [0.5, 0.6) is 5.75 Å². The normalized spacial score (nSPS) is 10.4. The van der Waals surface area contributed by atoms with Gasteiger partial charge in [0.1, 0.15) is 5.75 Å². The highest BCUT2D eigenvalue weighted by Gasteiger charge is 2.00. The van der Waals surface area contributed by atoms with Crippen LogP contribution < -0.4 is 10.2 Å². The van der Waals surface area contributed by atoms with Crippen LogP contribution in [0.2, 0.25) is 5.02 Å². The number of carbonyl (C=O) groups excluding carboxylic acids is 1. The van der Waals surface area contributed by atoms with E-state index < -0.39 is 5.91 Å². The van der Waals surface area contributed by atoms with Crippen LogP contribution in [0.1, 0.15) is 0 Å². The van der Waals surface area contributed by atoms with E-state index >= 15 is 0 Å². The third kappa shape index (κ3) is 4.77. The van der Waals surface area contributed by atoms with Gasteiger partial charge in [-0.25, -0.2) is 5.43 Å². The molecule has 0 heterocycles. The van der Waals surface area contributed by atoms with Gasteiger partial charge in [-0.15, -0.1) is 0 Å². The van der Waals surface area contributed by atoms with Gasteiger partial charge in [-0.3, -0.25) is 4.79 Å². The van der Waals surface area contributed by atoms with Gasteiger partial charge in [0.05, 0.1) is 12.8 Å². The van der Waals surface area contributed by atoms with Crippen LogP contribution in [-0.2, 0) is 4.79 Å². The zero-order valence-electron chi connectivity index (χ0n) is 8.39. The Morgan fingerprint density at radius 3 is 2.81 bits per heavy atom. The highest BCUT2D eigenvalue weighted by Crippen LogP contribution is 2.15. The van der Waals surface area contributed by atoms with E-state index in [-0.39, 0.29) is 13.2 Å². The van der Waals surface area contributed by atoms with Crippen LogP contribution in [0.15, 0.2) is 29.4 Å². The minimum absolute atomic E-state index is 0.148. The number of nitrogens with zero attached hydrogens (tertiary/aromatic N) is 1. The fraction of sp³-hybridized carbons (Fsp3) is 0.200. The van der Waals surface area contributed by atoms with Gasteiger partial charge in [0, 0.05) is 5.02 Å². The average molecular weight is 243 g/mol. The Labute approximate surface area is 97.7 Å².